The Morgan fingerprint density at radius 1 is 0.474 bits per heavy atom. The zero-order valence-electron chi connectivity index (χ0n) is 66.4. The fraction of sp³-hybridized carbons (Fsp3) is 0.500. The largest absolute Gasteiger partial charge is 0.379 e. The van der Waals surface area contributed by atoms with Crippen molar-refractivity contribution in [3.63, 3.8) is 0 Å². The second-order valence-electron chi connectivity index (χ2n) is 27.9. The van der Waals surface area contributed by atoms with Crippen molar-refractivity contribution >= 4 is 117 Å². The van der Waals surface area contributed by atoms with Crippen LogP contribution in [0, 0.1) is 0 Å². The predicted molar refractivity (Wildman–Crippen MR) is 429 cm³/mol. The third-order valence-electron chi connectivity index (χ3n) is 18.7. The van der Waals surface area contributed by atoms with Crippen molar-refractivity contribution < 1.29 is 76.5 Å². The predicted octanol–water partition coefficient (Wildman–Crippen LogP) is 0.951. The summed E-state index contributed by atoms with van der Waals surface area (Å²) in [4.78, 5) is 169. The quantitative estimate of drug-likeness (QED) is 0.0186. The molecule has 15 N–H and O–H groups in total. The Balaban J connectivity index is 0.573. The molecule has 41 nitrogen and oxygen atoms in total. The van der Waals surface area contributed by atoms with Gasteiger partial charge in [0.15, 0.2) is 17.5 Å². The number of ether oxygens (including phenoxy) is 4. The molecule has 2 aliphatic rings. The first-order valence-electron chi connectivity index (χ1n) is 38.0. The van der Waals surface area contributed by atoms with E-state index in [9.17, 15) is 57.5 Å². The molecule has 116 heavy (non-hydrogen) atoms. The van der Waals surface area contributed by atoms with Gasteiger partial charge in [-0.1, -0.05) is 6.42 Å². The second-order valence-corrected chi connectivity index (χ2v) is 29.2. The van der Waals surface area contributed by atoms with Gasteiger partial charge in [-0.05, 0) is 76.5 Å². The van der Waals surface area contributed by atoms with Gasteiger partial charge in [0.05, 0.1) is 93.7 Å². The minimum absolute atomic E-state index is 0.00563. The number of urea groups is 1. The summed E-state index contributed by atoms with van der Waals surface area (Å²) in [5, 5.41) is 36.6. The smallest absolute Gasteiger partial charge is 0.315 e. The Morgan fingerprint density at radius 3 is 1.53 bits per heavy atom. The summed E-state index contributed by atoms with van der Waals surface area (Å²) >= 11 is 1.88. The molecule has 9 heterocycles. The van der Waals surface area contributed by atoms with Crippen molar-refractivity contribution in [1.82, 2.24) is 89.0 Å². The van der Waals surface area contributed by atoms with Gasteiger partial charge in [0.1, 0.15) is 22.8 Å². The summed E-state index contributed by atoms with van der Waals surface area (Å²) in [6.07, 6.45) is 16.9. The van der Waals surface area contributed by atoms with Gasteiger partial charge in [-0.3, -0.25) is 52.7 Å². The van der Waals surface area contributed by atoms with Gasteiger partial charge in [-0.25, -0.2) is 19.7 Å². The fourth-order valence-corrected chi connectivity index (χ4v) is 14.1. The highest BCUT2D eigenvalue weighted by atomic mass is 32.2. The molecule has 2 fully saturated rings. The monoisotopic (exact) mass is 1630 g/mol. The summed E-state index contributed by atoms with van der Waals surface area (Å²) in [5.74, 6) is -3.75. The number of nitrogens with two attached hydrogens (primary N) is 1. The highest BCUT2D eigenvalue weighted by Gasteiger charge is 2.42. The number of imidazole rings is 3. The molecule has 0 bridgehead atoms. The highest BCUT2D eigenvalue weighted by molar-refractivity contribution is 8.00. The molecule has 0 aromatic carbocycles. The fourth-order valence-electron chi connectivity index (χ4n) is 12.6. The maximum absolute atomic E-state index is 13.6. The maximum Gasteiger partial charge on any atom is 0.315 e. The zero-order chi connectivity index (χ0) is 83.4. The molecule has 2 saturated heterocycles. The molecule has 0 unspecified atom stereocenters. The van der Waals surface area contributed by atoms with Crippen LogP contribution in [0.5, 0.6) is 0 Å². The van der Waals surface area contributed by atoms with Crippen LogP contribution < -0.4 is 74.9 Å². The van der Waals surface area contributed by atoms with Gasteiger partial charge in [0, 0.05) is 162 Å². The highest BCUT2D eigenvalue weighted by Crippen LogP contribution is 2.33. The first-order valence-corrected chi connectivity index (χ1v) is 39.1. The van der Waals surface area contributed by atoms with Crippen LogP contribution in [-0.4, -0.2) is 258 Å². The van der Waals surface area contributed by atoms with Gasteiger partial charge < -0.3 is 131 Å². The number of unbranched alkanes of at least 4 members (excludes halogenated alkanes) is 1. The number of carbonyl (C=O) groups is 12. The van der Waals surface area contributed by atoms with Crippen LogP contribution in [0.4, 0.5) is 39.2 Å². The Labute approximate surface area is 673 Å². The molecule has 42 heteroatoms. The Kier molecular flexibility index (Phi) is 33.2. The molecule has 2 aliphatic heterocycles. The topological polar surface area (TPSA) is 501 Å². The molecule has 7 aromatic rings. The normalized spacial score (nSPS) is 14.4. The number of hydrogen-bond donors (Lipinski definition) is 14. The molecule has 0 aliphatic carbocycles. The number of aromatic nitrogens is 10. The van der Waals surface area contributed by atoms with E-state index in [4.69, 9.17) is 24.7 Å². The molecule has 4 atom stereocenters. The summed E-state index contributed by atoms with van der Waals surface area (Å²) in [7, 11) is 13.3. The third-order valence-corrected chi connectivity index (χ3v) is 20.2. The number of nitrogens with one attached hydrogen (secondary N) is 13. The number of thioether (sulfide) groups is 1. The number of rotatable bonds is 48. The molecule has 0 spiro atoms. The molecular weight excluding hydrogens is 1530 g/mol. The van der Waals surface area contributed by atoms with Crippen molar-refractivity contribution in [2.75, 3.05) is 143 Å². The van der Waals surface area contributed by atoms with Gasteiger partial charge in [-0.15, -0.1) is 0 Å². The van der Waals surface area contributed by atoms with Crippen molar-refractivity contribution in [1.29, 1.82) is 0 Å². The van der Waals surface area contributed by atoms with Crippen molar-refractivity contribution in [2.24, 2.45) is 55.1 Å². The minimum atomic E-state index is -1.10. The van der Waals surface area contributed by atoms with E-state index in [2.05, 4.69) is 89.0 Å². The Morgan fingerprint density at radius 2 is 0.948 bits per heavy atom. The van der Waals surface area contributed by atoms with Gasteiger partial charge in [-0.2, -0.15) is 11.8 Å². The van der Waals surface area contributed by atoms with E-state index in [-0.39, 0.29) is 132 Å². The summed E-state index contributed by atoms with van der Waals surface area (Å²) < 4.78 is 32.6. The van der Waals surface area contributed by atoms with Gasteiger partial charge >= 0.3 is 6.03 Å². The van der Waals surface area contributed by atoms with Crippen LogP contribution in [0.2, 0.25) is 0 Å². The standard InChI is InChI=1S/C74H105N25O16S/c1-92(24-11-18-76-60(101)17-27-112-29-31-114-33-34-115-32-30-113-28-23-77-59(100)14-10-9-13-56-62-51(45-116-56)86-74(111)91-62)25-12-19-79-67(104)52-35-47(40-94(52)3)83-69(106)54-38-49(42-96(54)5)85-73(110)65-89-58(44-99(65)8)90-70(107)55-37-46(39-97(55)6)82-66(103)50(75)15-20-81-71(108)64-88-57(43-98(64)7)87-61(102)16-21-80-68(105)53-36-48(41-95(53)4)84-72(109)63-78-22-26-93(63)2/h22,26,35-44,50-51,56,62H,9-21,23-25,27-34,45,75H2,1-8H3,(H,76,101)(H,77,100)(H,79,104)(H,80,105)(H,81,108)(H,82,103)(H,83,106)(H,84,109)(H,85,110)(H,87,102)(H,90,107)(H2,86,91,111)/t50-,51+,56+,62+/m1/s1. The first kappa shape index (κ1) is 88.3. The Hall–Kier alpha value is -11.7. The van der Waals surface area contributed by atoms with Gasteiger partial charge in [0.25, 0.3) is 41.4 Å². The van der Waals surface area contributed by atoms with Crippen LogP contribution in [0.3, 0.4) is 0 Å². The van der Waals surface area contributed by atoms with Crippen LogP contribution in [-0.2, 0) is 87.5 Å². The molecule has 628 valence electrons. The second kappa shape index (κ2) is 43.7. The van der Waals surface area contributed by atoms with Crippen molar-refractivity contribution in [2.45, 2.75) is 81.2 Å². The summed E-state index contributed by atoms with van der Waals surface area (Å²) in [6, 6.07) is 5.16. The minimum Gasteiger partial charge on any atom is -0.379 e. The van der Waals surface area contributed by atoms with Gasteiger partial charge in [0.2, 0.25) is 35.3 Å². The number of nitrogens with zero attached hydrogens (tertiary/aromatic N) is 11. The molecule has 13 amide bonds. The van der Waals surface area contributed by atoms with Crippen molar-refractivity contribution in [3.05, 3.63) is 114 Å². The lowest BCUT2D eigenvalue weighted by Crippen LogP contribution is -2.39. The number of fused-ring (bicyclic) bond motifs is 1. The molecule has 9 rings (SSSR count). The van der Waals surface area contributed by atoms with E-state index in [1.807, 2.05) is 18.8 Å². The van der Waals surface area contributed by atoms with Crippen LogP contribution in [0.15, 0.2) is 73.8 Å². The zero-order valence-corrected chi connectivity index (χ0v) is 67.2. The van der Waals surface area contributed by atoms with E-state index < -0.39 is 53.3 Å². The number of carbonyl (C=O) groups excluding carboxylic acids is 12. The summed E-state index contributed by atoms with van der Waals surface area (Å²) in [5.41, 5.74) is 8.30. The number of anilines is 6. The van der Waals surface area contributed by atoms with E-state index in [0.29, 0.717) is 108 Å². The number of hydrogen-bond acceptors (Lipinski definition) is 22. The van der Waals surface area contributed by atoms with E-state index in [0.717, 1.165) is 38.0 Å². The molecule has 0 radical (unpaired) electrons. The molecule has 0 saturated carbocycles. The SMILES string of the molecule is CN(CCCNC(=O)CCOCCOCCOCCOCCNC(=O)CCCC[C@@H]1SC[C@@H]2NC(=O)N[C@@H]21)CCCNC(=O)c1cc(NC(=O)c2cc(NC(=O)c3nc(NC(=O)c4cc(NC(=O)[C@H](N)CCNC(=O)c5nc(NC(=O)CCNC(=O)c6cc(NC(=O)c7nccn7C)cn6C)cn5C)cn4C)cn3C)cn2C)cn1C. The lowest BCUT2D eigenvalue weighted by molar-refractivity contribution is -0.122. The van der Waals surface area contributed by atoms with Crippen molar-refractivity contribution in [3.8, 4) is 0 Å². The average Bonchev–Trinajstić information content (AvgIpc) is 1.67. The average molecular weight is 1630 g/mol. The van der Waals surface area contributed by atoms with E-state index in [1.165, 1.54) is 72.0 Å². The van der Waals surface area contributed by atoms with Crippen LogP contribution in [0.1, 0.15) is 132 Å². The lowest BCUT2D eigenvalue weighted by Gasteiger charge is -2.17. The maximum atomic E-state index is 13.6. The van der Waals surface area contributed by atoms with E-state index in [1.54, 1.807) is 83.1 Å². The molecular formula is C74H105N25O16S. The van der Waals surface area contributed by atoms with E-state index >= 15 is 0 Å². The third kappa shape index (κ3) is 26.7. The van der Waals surface area contributed by atoms with Crippen LogP contribution in [0.25, 0.3) is 0 Å². The Bertz CT molecular complexity index is 4590. The molecule has 7 aromatic heterocycles. The van der Waals surface area contributed by atoms with Crippen LogP contribution >= 0.6 is 11.8 Å². The first-order chi connectivity index (χ1) is 55.7. The number of aryl methyl sites for hydroxylation is 7. The lowest BCUT2D eigenvalue weighted by atomic mass is 10.0. The number of amides is 13. The summed E-state index contributed by atoms with van der Waals surface area (Å²) in [6.45, 7) is 5.68.